The van der Waals surface area contributed by atoms with Gasteiger partial charge in [-0.15, -0.1) is 0 Å². The van der Waals surface area contributed by atoms with Crippen LogP contribution < -0.4 is 10.2 Å². The van der Waals surface area contributed by atoms with Crippen LogP contribution in [0.25, 0.3) is 0 Å². The van der Waals surface area contributed by atoms with Crippen LogP contribution in [-0.2, 0) is 13.1 Å². The van der Waals surface area contributed by atoms with Crippen molar-refractivity contribution >= 4 is 17.2 Å². The van der Waals surface area contributed by atoms with Crippen molar-refractivity contribution in [1.29, 1.82) is 0 Å². The number of nitrogens with zero attached hydrogens (tertiary/aromatic N) is 2. The molecule has 0 aliphatic rings. The van der Waals surface area contributed by atoms with E-state index >= 15 is 0 Å². The fraction of sp³-hybridized carbons (Fsp3) is 0.438. The van der Waals surface area contributed by atoms with Gasteiger partial charge in [-0.05, 0) is 54.8 Å². The van der Waals surface area contributed by atoms with Crippen molar-refractivity contribution in [2.45, 2.75) is 39.4 Å². The van der Waals surface area contributed by atoms with E-state index in [9.17, 15) is 0 Å². The molecule has 0 spiro atoms. The van der Waals surface area contributed by atoms with E-state index in [1.54, 1.807) is 11.3 Å². The van der Waals surface area contributed by atoms with E-state index in [1.807, 2.05) is 6.20 Å². The molecule has 0 aromatic carbocycles. The van der Waals surface area contributed by atoms with Gasteiger partial charge in [0.05, 0.1) is 0 Å². The number of rotatable bonds is 5. The molecule has 0 radical (unpaired) electrons. The van der Waals surface area contributed by atoms with Crippen LogP contribution in [0.5, 0.6) is 0 Å². The zero-order valence-electron chi connectivity index (χ0n) is 12.7. The smallest absolute Gasteiger partial charge is 0.128 e. The maximum atomic E-state index is 4.55. The largest absolute Gasteiger partial charge is 0.355 e. The molecule has 2 heterocycles. The van der Waals surface area contributed by atoms with Gasteiger partial charge in [-0.3, -0.25) is 0 Å². The molecule has 0 amide bonds. The normalized spacial score (nSPS) is 11.6. The monoisotopic (exact) mass is 289 g/mol. The van der Waals surface area contributed by atoms with Gasteiger partial charge in [0.2, 0.25) is 0 Å². The minimum absolute atomic E-state index is 0.133. The van der Waals surface area contributed by atoms with Crippen LogP contribution in [0.15, 0.2) is 35.2 Å². The van der Waals surface area contributed by atoms with E-state index in [0.717, 1.165) is 18.9 Å². The lowest BCUT2D eigenvalue weighted by Gasteiger charge is -2.21. The lowest BCUT2D eigenvalue weighted by molar-refractivity contribution is 0.424. The zero-order valence-corrected chi connectivity index (χ0v) is 13.5. The Morgan fingerprint density at radius 2 is 2.00 bits per heavy atom. The molecule has 3 nitrogen and oxygen atoms in total. The molecule has 0 bridgehead atoms. The third-order valence-corrected chi connectivity index (χ3v) is 3.75. The zero-order chi connectivity index (χ0) is 14.6. The first-order chi connectivity index (χ1) is 9.44. The second-order valence-corrected chi connectivity index (χ2v) is 6.90. The van der Waals surface area contributed by atoms with Gasteiger partial charge in [-0.1, -0.05) is 6.07 Å². The van der Waals surface area contributed by atoms with Crippen molar-refractivity contribution < 1.29 is 0 Å². The van der Waals surface area contributed by atoms with Crippen molar-refractivity contribution in [3.8, 4) is 0 Å². The average Bonchev–Trinajstić information content (AvgIpc) is 2.89. The molecular formula is C16H23N3S. The van der Waals surface area contributed by atoms with Crippen LogP contribution in [-0.4, -0.2) is 17.6 Å². The number of hydrogen-bond acceptors (Lipinski definition) is 4. The number of nitrogens with one attached hydrogen (secondary N) is 1. The molecule has 0 atom stereocenters. The summed E-state index contributed by atoms with van der Waals surface area (Å²) in [5.74, 6) is 1.01. The third kappa shape index (κ3) is 4.62. The Morgan fingerprint density at radius 3 is 2.55 bits per heavy atom. The van der Waals surface area contributed by atoms with E-state index in [-0.39, 0.29) is 5.54 Å². The Hall–Kier alpha value is -1.39. The molecule has 1 N–H and O–H groups in total. The standard InChI is InChI=1S/C16H23N3S/c1-16(2,3)18-10-13-5-6-15(17-9-13)19(4)11-14-7-8-20-12-14/h5-9,12,18H,10-11H2,1-4H3. The Balaban J connectivity index is 1.93. The molecule has 108 valence electrons. The number of hydrogen-bond donors (Lipinski definition) is 1. The van der Waals surface area contributed by atoms with Crippen molar-refractivity contribution in [1.82, 2.24) is 10.3 Å². The predicted octanol–water partition coefficient (Wildman–Crippen LogP) is 3.67. The van der Waals surface area contributed by atoms with Gasteiger partial charge in [0.25, 0.3) is 0 Å². The second kappa shape index (κ2) is 6.37. The molecule has 4 heteroatoms. The molecule has 2 rings (SSSR count). The van der Waals surface area contributed by atoms with Gasteiger partial charge in [0.15, 0.2) is 0 Å². The minimum Gasteiger partial charge on any atom is -0.355 e. The van der Waals surface area contributed by atoms with Gasteiger partial charge >= 0.3 is 0 Å². The minimum atomic E-state index is 0.133. The first-order valence-corrected chi connectivity index (χ1v) is 7.80. The third-order valence-electron chi connectivity index (χ3n) is 3.02. The fourth-order valence-corrected chi connectivity index (χ4v) is 2.51. The first-order valence-electron chi connectivity index (χ1n) is 6.86. The topological polar surface area (TPSA) is 28.2 Å². The Labute approximate surface area is 125 Å². The van der Waals surface area contributed by atoms with Crippen LogP contribution in [0.3, 0.4) is 0 Å². The van der Waals surface area contributed by atoms with Gasteiger partial charge < -0.3 is 10.2 Å². The molecule has 20 heavy (non-hydrogen) atoms. The molecular weight excluding hydrogens is 266 g/mol. The summed E-state index contributed by atoms with van der Waals surface area (Å²) >= 11 is 1.73. The van der Waals surface area contributed by atoms with Crippen molar-refractivity contribution in [3.63, 3.8) is 0 Å². The molecule has 0 aliphatic carbocycles. The SMILES string of the molecule is CN(Cc1ccsc1)c1ccc(CNC(C)(C)C)cn1. The second-order valence-electron chi connectivity index (χ2n) is 6.12. The molecule has 2 aromatic heterocycles. The van der Waals surface area contributed by atoms with Gasteiger partial charge in [0, 0.05) is 31.9 Å². The molecule has 0 aliphatic heterocycles. The quantitative estimate of drug-likeness (QED) is 0.910. The molecule has 0 unspecified atom stereocenters. The number of anilines is 1. The highest BCUT2D eigenvalue weighted by Crippen LogP contribution is 2.15. The maximum absolute atomic E-state index is 4.55. The lowest BCUT2D eigenvalue weighted by atomic mass is 10.1. The fourth-order valence-electron chi connectivity index (χ4n) is 1.85. The average molecular weight is 289 g/mol. The van der Waals surface area contributed by atoms with E-state index in [2.05, 4.69) is 72.0 Å². The van der Waals surface area contributed by atoms with Crippen molar-refractivity contribution in [2.75, 3.05) is 11.9 Å². The van der Waals surface area contributed by atoms with E-state index in [0.29, 0.717) is 0 Å². The van der Waals surface area contributed by atoms with Gasteiger partial charge in [-0.2, -0.15) is 11.3 Å². The van der Waals surface area contributed by atoms with E-state index in [4.69, 9.17) is 0 Å². The summed E-state index contributed by atoms with van der Waals surface area (Å²) in [4.78, 5) is 6.72. The Morgan fingerprint density at radius 1 is 1.20 bits per heavy atom. The number of thiophene rings is 1. The summed E-state index contributed by atoms with van der Waals surface area (Å²) in [7, 11) is 2.08. The number of aromatic nitrogens is 1. The van der Waals surface area contributed by atoms with Crippen LogP contribution in [0.4, 0.5) is 5.82 Å². The summed E-state index contributed by atoms with van der Waals surface area (Å²) < 4.78 is 0. The first kappa shape index (κ1) is 15.0. The molecule has 0 fully saturated rings. The summed E-state index contributed by atoms with van der Waals surface area (Å²) in [6, 6.07) is 6.39. The van der Waals surface area contributed by atoms with Gasteiger partial charge in [-0.25, -0.2) is 4.98 Å². The summed E-state index contributed by atoms with van der Waals surface area (Å²) in [6.45, 7) is 8.26. The van der Waals surface area contributed by atoms with Crippen LogP contribution >= 0.6 is 11.3 Å². The predicted molar refractivity (Wildman–Crippen MR) is 87.3 cm³/mol. The highest BCUT2D eigenvalue weighted by atomic mass is 32.1. The van der Waals surface area contributed by atoms with Crippen molar-refractivity contribution in [3.05, 3.63) is 46.3 Å². The number of pyridine rings is 1. The molecule has 0 saturated carbocycles. The van der Waals surface area contributed by atoms with Crippen molar-refractivity contribution in [2.24, 2.45) is 0 Å². The lowest BCUT2D eigenvalue weighted by Crippen LogP contribution is -2.35. The summed E-state index contributed by atoms with van der Waals surface area (Å²) in [5, 5.41) is 7.76. The van der Waals surface area contributed by atoms with Gasteiger partial charge in [0.1, 0.15) is 5.82 Å². The van der Waals surface area contributed by atoms with E-state index < -0.39 is 0 Å². The van der Waals surface area contributed by atoms with Crippen LogP contribution in [0, 0.1) is 0 Å². The van der Waals surface area contributed by atoms with E-state index in [1.165, 1.54) is 11.1 Å². The Bertz CT molecular complexity index is 512. The van der Waals surface area contributed by atoms with Crippen LogP contribution in [0.1, 0.15) is 31.9 Å². The summed E-state index contributed by atoms with van der Waals surface area (Å²) in [5.41, 5.74) is 2.68. The molecule has 2 aromatic rings. The Kier molecular flexibility index (Phi) is 4.78. The molecule has 0 saturated heterocycles. The highest BCUT2D eigenvalue weighted by Gasteiger charge is 2.09. The summed E-state index contributed by atoms with van der Waals surface area (Å²) in [6.07, 6.45) is 1.96. The van der Waals surface area contributed by atoms with Crippen LogP contribution in [0.2, 0.25) is 0 Å². The highest BCUT2D eigenvalue weighted by molar-refractivity contribution is 7.07. The maximum Gasteiger partial charge on any atom is 0.128 e.